The topological polar surface area (TPSA) is 125 Å². The molecule has 0 aromatic heterocycles. The van der Waals surface area contributed by atoms with Crippen molar-refractivity contribution in [2.24, 2.45) is 5.14 Å². The minimum Gasteiger partial charge on any atom is -0.495 e. The lowest BCUT2D eigenvalue weighted by molar-refractivity contribution is -0.123. The van der Waals surface area contributed by atoms with Crippen molar-refractivity contribution in [2.75, 3.05) is 12.4 Å². The van der Waals surface area contributed by atoms with Crippen LogP contribution in [0.4, 0.5) is 5.69 Å². The number of esters is 1. The fourth-order valence-corrected chi connectivity index (χ4v) is 3.17. The molecule has 0 heterocycles. The van der Waals surface area contributed by atoms with E-state index in [1.807, 2.05) is 0 Å². The molecule has 2 aromatic rings. The van der Waals surface area contributed by atoms with Gasteiger partial charge in [-0.1, -0.05) is 23.2 Å². The first-order valence-electron chi connectivity index (χ1n) is 8.12. The van der Waals surface area contributed by atoms with E-state index >= 15 is 0 Å². The van der Waals surface area contributed by atoms with E-state index in [2.05, 4.69) is 5.32 Å². The zero-order valence-corrected chi connectivity index (χ0v) is 18.0. The molecule has 0 bridgehead atoms. The molecule has 0 spiro atoms. The van der Waals surface area contributed by atoms with E-state index in [4.69, 9.17) is 37.8 Å². The van der Waals surface area contributed by atoms with E-state index in [9.17, 15) is 18.0 Å². The standard InChI is InChI=1S/C18H18Cl2N2O6S/c1-9-6-15(16(27-3)8-14(9)20)22-17(23)10(2)28-18(24)12-7-11(29(21,25)26)4-5-13(12)19/h4-8,10H,1-3H3,(H,22,23)(H2,21,25,26). The molecule has 0 aliphatic rings. The Hall–Kier alpha value is -2.33. The van der Waals surface area contributed by atoms with Crippen LogP contribution >= 0.6 is 23.2 Å². The van der Waals surface area contributed by atoms with Crippen molar-refractivity contribution in [1.82, 2.24) is 0 Å². The molecule has 1 atom stereocenters. The van der Waals surface area contributed by atoms with Crippen LogP contribution in [0.3, 0.4) is 0 Å². The van der Waals surface area contributed by atoms with Crippen LogP contribution in [0.1, 0.15) is 22.8 Å². The summed E-state index contributed by atoms with van der Waals surface area (Å²) in [6.07, 6.45) is -1.22. The number of primary sulfonamides is 1. The fraction of sp³-hybridized carbons (Fsp3) is 0.222. The number of aryl methyl sites for hydroxylation is 1. The van der Waals surface area contributed by atoms with Crippen LogP contribution in [-0.4, -0.2) is 33.5 Å². The summed E-state index contributed by atoms with van der Waals surface area (Å²) in [5.41, 5.74) is 0.813. The lowest BCUT2D eigenvalue weighted by Crippen LogP contribution is -2.30. The third-order valence-electron chi connectivity index (χ3n) is 3.88. The molecular formula is C18H18Cl2N2O6S. The lowest BCUT2D eigenvalue weighted by atomic mass is 10.2. The predicted octanol–water partition coefficient (Wildman–Crippen LogP) is 3.14. The molecule has 156 valence electrons. The van der Waals surface area contributed by atoms with Crippen LogP contribution in [-0.2, 0) is 19.6 Å². The molecule has 0 radical (unpaired) electrons. The number of anilines is 1. The first-order valence-corrected chi connectivity index (χ1v) is 10.4. The number of hydrogen-bond donors (Lipinski definition) is 2. The Morgan fingerprint density at radius 1 is 1.14 bits per heavy atom. The maximum Gasteiger partial charge on any atom is 0.340 e. The molecule has 0 saturated carbocycles. The van der Waals surface area contributed by atoms with Crippen molar-refractivity contribution < 1.29 is 27.5 Å². The summed E-state index contributed by atoms with van der Waals surface area (Å²) < 4.78 is 33.2. The number of methoxy groups -OCH3 is 1. The molecule has 1 unspecified atom stereocenters. The van der Waals surface area contributed by atoms with Gasteiger partial charge in [-0.05, 0) is 43.7 Å². The molecule has 0 saturated heterocycles. The monoisotopic (exact) mass is 460 g/mol. The van der Waals surface area contributed by atoms with Crippen molar-refractivity contribution in [1.29, 1.82) is 0 Å². The lowest BCUT2D eigenvalue weighted by Gasteiger charge is -2.16. The Bertz CT molecular complexity index is 1070. The van der Waals surface area contributed by atoms with Crippen molar-refractivity contribution >= 4 is 50.8 Å². The van der Waals surface area contributed by atoms with Crippen LogP contribution in [0.15, 0.2) is 35.2 Å². The van der Waals surface area contributed by atoms with Gasteiger partial charge in [0.05, 0.1) is 28.3 Å². The van der Waals surface area contributed by atoms with Crippen molar-refractivity contribution in [3.63, 3.8) is 0 Å². The molecule has 0 aliphatic carbocycles. The fourth-order valence-electron chi connectivity index (χ4n) is 2.28. The number of rotatable bonds is 6. The van der Waals surface area contributed by atoms with E-state index in [-0.39, 0.29) is 15.5 Å². The summed E-state index contributed by atoms with van der Waals surface area (Å²) >= 11 is 12.0. The van der Waals surface area contributed by atoms with Gasteiger partial charge >= 0.3 is 5.97 Å². The second-order valence-electron chi connectivity index (χ2n) is 6.03. The second-order valence-corrected chi connectivity index (χ2v) is 8.40. The zero-order chi connectivity index (χ0) is 21.9. The van der Waals surface area contributed by atoms with Gasteiger partial charge in [0.1, 0.15) is 5.75 Å². The minimum atomic E-state index is -4.05. The van der Waals surface area contributed by atoms with Gasteiger partial charge in [0.15, 0.2) is 6.10 Å². The molecule has 2 rings (SSSR count). The summed E-state index contributed by atoms with van der Waals surface area (Å²) in [6, 6.07) is 6.49. The quantitative estimate of drug-likeness (QED) is 0.637. The molecule has 1 amide bonds. The van der Waals surface area contributed by atoms with Crippen molar-refractivity contribution in [2.45, 2.75) is 24.8 Å². The molecule has 11 heteroatoms. The van der Waals surface area contributed by atoms with Crippen molar-refractivity contribution in [3.05, 3.63) is 51.5 Å². The van der Waals surface area contributed by atoms with E-state index in [1.165, 1.54) is 20.1 Å². The summed E-state index contributed by atoms with van der Waals surface area (Å²) in [4.78, 5) is 24.5. The smallest absolute Gasteiger partial charge is 0.340 e. The number of carbonyl (C=O) groups excluding carboxylic acids is 2. The summed E-state index contributed by atoms with van der Waals surface area (Å²) in [6.45, 7) is 3.10. The number of halogens is 2. The van der Waals surface area contributed by atoms with Crippen molar-refractivity contribution in [3.8, 4) is 5.75 Å². The summed E-state index contributed by atoms with van der Waals surface area (Å²) in [5.74, 6) is -1.30. The first-order chi connectivity index (χ1) is 13.4. The van der Waals surface area contributed by atoms with Gasteiger partial charge in [0.25, 0.3) is 5.91 Å². The first kappa shape index (κ1) is 23.0. The van der Waals surface area contributed by atoms with Gasteiger partial charge in [-0.2, -0.15) is 0 Å². The average Bonchev–Trinajstić information content (AvgIpc) is 2.63. The highest BCUT2D eigenvalue weighted by molar-refractivity contribution is 7.89. The molecular weight excluding hydrogens is 443 g/mol. The molecule has 8 nitrogen and oxygen atoms in total. The van der Waals surface area contributed by atoms with Gasteiger partial charge in [-0.3, -0.25) is 4.79 Å². The van der Waals surface area contributed by atoms with E-state index in [1.54, 1.807) is 19.1 Å². The zero-order valence-electron chi connectivity index (χ0n) is 15.7. The molecule has 3 N–H and O–H groups in total. The number of sulfonamides is 1. The number of hydrogen-bond acceptors (Lipinski definition) is 6. The number of benzene rings is 2. The number of carbonyl (C=O) groups is 2. The number of ether oxygens (including phenoxy) is 2. The van der Waals surface area contributed by atoms with Crippen LogP contribution in [0, 0.1) is 6.92 Å². The van der Waals surface area contributed by atoms with Gasteiger partial charge in [0.2, 0.25) is 10.0 Å². The van der Waals surface area contributed by atoms with Gasteiger partial charge < -0.3 is 14.8 Å². The number of nitrogens with one attached hydrogen (secondary N) is 1. The van der Waals surface area contributed by atoms with Crippen LogP contribution in [0.2, 0.25) is 10.0 Å². The van der Waals surface area contributed by atoms with E-state index < -0.39 is 28.0 Å². The van der Waals surface area contributed by atoms with Gasteiger partial charge in [0, 0.05) is 11.1 Å². The maximum absolute atomic E-state index is 12.4. The molecule has 2 aromatic carbocycles. The minimum absolute atomic E-state index is 0.0509. The summed E-state index contributed by atoms with van der Waals surface area (Å²) in [5, 5.41) is 8.05. The van der Waals surface area contributed by atoms with Gasteiger partial charge in [-0.15, -0.1) is 0 Å². The maximum atomic E-state index is 12.4. The third kappa shape index (κ3) is 5.60. The van der Waals surface area contributed by atoms with Crippen LogP contribution in [0.5, 0.6) is 5.75 Å². The normalized spacial score (nSPS) is 12.2. The van der Waals surface area contributed by atoms with Crippen LogP contribution in [0.25, 0.3) is 0 Å². The Morgan fingerprint density at radius 2 is 1.79 bits per heavy atom. The Balaban J connectivity index is 2.18. The third-order valence-corrected chi connectivity index (χ3v) is 5.53. The van der Waals surface area contributed by atoms with Crippen LogP contribution < -0.4 is 15.2 Å². The Morgan fingerprint density at radius 3 is 2.38 bits per heavy atom. The average molecular weight is 461 g/mol. The highest BCUT2D eigenvalue weighted by Gasteiger charge is 2.23. The Labute approximate surface area is 177 Å². The highest BCUT2D eigenvalue weighted by Crippen LogP contribution is 2.31. The highest BCUT2D eigenvalue weighted by atomic mass is 35.5. The predicted molar refractivity (Wildman–Crippen MR) is 109 cm³/mol. The second kappa shape index (κ2) is 9.00. The van der Waals surface area contributed by atoms with Gasteiger partial charge in [-0.25, -0.2) is 18.4 Å². The molecule has 0 fully saturated rings. The number of nitrogens with two attached hydrogens (primary N) is 1. The molecule has 0 aliphatic heterocycles. The van der Waals surface area contributed by atoms with E-state index in [0.29, 0.717) is 22.0 Å². The van der Waals surface area contributed by atoms with E-state index in [0.717, 1.165) is 12.1 Å². The largest absolute Gasteiger partial charge is 0.495 e. The molecule has 29 heavy (non-hydrogen) atoms. The number of amides is 1. The Kier molecular flexibility index (Phi) is 7.12. The SMILES string of the molecule is COc1cc(Cl)c(C)cc1NC(=O)C(C)OC(=O)c1cc(S(N)(=O)=O)ccc1Cl. The summed E-state index contributed by atoms with van der Waals surface area (Å²) in [7, 11) is -2.63.